The van der Waals surface area contributed by atoms with E-state index in [2.05, 4.69) is 54.1 Å². The van der Waals surface area contributed by atoms with Crippen molar-refractivity contribution < 1.29 is 14.1 Å². The van der Waals surface area contributed by atoms with Crippen molar-refractivity contribution in [3.63, 3.8) is 0 Å². The molecule has 3 atom stereocenters. The van der Waals surface area contributed by atoms with Crippen molar-refractivity contribution in [3.8, 4) is 16.9 Å². The molecule has 4 nitrogen and oxygen atoms in total. The fraction of sp³-hybridized carbons (Fsp3) is 0.240. The number of aryl methyl sites for hydroxylation is 1. The molecule has 0 radical (unpaired) electrons. The molecule has 152 valence electrons. The Kier molecular flexibility index (Phi) is 4.70. The maximum Gasteiger partial charge on any atom is 0.233 e. The fourth-order valence-electron chi connectivity index (χ4n) is 4.87. The van der Waals surface area contributed by atoms with Crippen LogP contribution < -0.4 is 4.72 Å². The molecule has 1 fully saturated rings. The van der Waals surface area contributed by atoms with E-state index in [0.29, 0.717) is 5.56 Å². The van der Waals surface area contributed by atoms with E-state index < -0.39 is 16.2 Å². The van der Waals surface area contributed by atoms with Gasteiger partial charge in [0.05, 0.1) is 5.25 Å². The molecule has 0 spiro atoms. The molecule has 0 saturated carbocycles. The van der Waals surface area contributed by atoms with Crippen LogP contribution in [0.15, 0.2) is 60.7 Å². The third-order valence-electron chi connectivity index (χ3n) is 6.35. The average Bonchev–Trinajstić information content (AvgIpc) is 3.31. The van der Waals surface area contributed by atoms with Crippen LogP contribution in [0.2, 0.25) is 0 Å². The van der Waals surface area contributed by atoms with E-state index in [9.17, 15) is 14.1 Å². The van der Waals surface area contributed by atoms with Crippen LogP contribution >= 0.6 is 0 Å². The Morgan fingerprint density at radius 1 is 1.00 bits per heavy atom. The van der Waals surface area contributed by atoms with Gasteiger partial charge in [0.25, 0.3) is 0 Å². The minimum atomic E-state index is -1.48. The molecule has 2 aliphatic rings. The summed E-state index contributed by atoms with van der Waals surface area (Å²) in [6.45, 7) is 2.14. The van der Waals surface area contributed by atoms with Gasteiger partial charge in [-0.1, -0.05) is 54.6 Å². The van der Waals surface area contributed by atoms with Gasteiger partial charge in [0.15, 0.2) is 0 Å². The first kappa shape index (κ1) is 19.1. The van der Waals surface area contributed by atoms with Gasteiger partial charge in [-0.2, -0.15) is 0 Å². The molecule has 30 heavy (non-hydrogen) atoms. The van der Waals surface area contributed by atoms with E-state index in [4.69, 9.17) is 0 Å². The number of carbonyl (C=O) groups excluding carboxylic acids is 1. The molecule has 1 heterocycles. The first-order chi connectivity index (χ1) is 14.5. The van der Waals surface area contributed by atoms with Crippen LogP contribution in [-0.4, -0.2) is 15.2 Å². The largest absolute Gasteiger partial charge is 0.508 e. The molecule has 1 aliphatic carbocycles. The van der Waals surface area contributed by atoms with Crippen LogP contribution in [-0.2, 0) is 22.2 Å². The SMILES string of the molecule is Cc1ccccc1-c1cccc2c1CCC2c1ccc(C2CC(=O)NS2=O)c(O)c1. The van der Waals surface area contributed by atoms with Crippen molar-refractivity contribution >= 4 is 16.9 Å². The lowest BCUT2D eigenvalue weighted by atomic mass is 9.89. The topological polar surface area (TPSA) is 66.4 Å². The van der Waals surface area contributed by atoms with Crippen molar-refractivity contribution in [2.75, 3.05) is 0 Å². The van der Waals surface area contributed by atoms with Gasteiger partial charge in [-0.05, 0) is 59.2 Å². The summed E-state index contributed by atoms with van der Waals surface area (Å²) in [5.41, 5.74) is 8.15. The van der Waals surface area contributed by atoms with Gasteiger partial charge < -0.3 is 5.11 Å². The summed E-state index contributed by atoms with van der Waals surface area (Å²) >= 11 is 0. The Balaban J connectivity index is 1.51. The zero-order valence-electron chi connectivity index (χ0n) is 16.7. The highest BCUT2D eigenvalue weighted by atomic mass is 32.2. The number of phenolic OH excluding ortho intramolecular Hbond substituents is 1. The van der Waals surface area contributed by atoms with E-state index in [1.807, 2.05) is 12.1 Å². The zero-order chi connectivity index (χ0) is 20.8. The Morgan fingerprint density at radius 2 is 1.80 bits per heavy atom. The molecule has 0 aromatic heterocycles. The number of hydrogen-bond acceptors (Lipinski definition) is 3. The molecule has 3 aromatic carbocycles. The van der Waals surface area contributed by atoms with Gasteiger partial charge in [-0.3, -0.25) is 9.52 Å². The normalized spacial score (nSPS) is 22.7. The second-order valence-corrected chi connectivity index (χ2v) is 9.48. The maximum atomic E-state index is 12.1. The minimum Gasteiger partial charge on any atom is -0.508 e. The van der Waals surface area contributed by atoms with E-state index in [0.717, 1.165) is 18.4 Å². The highest BCUT2D eigenvalue weighted by molar-refractivity contribution is 7.84. The van der Waals surface area contributed by atoms with Crippen LogP contribution in [0.3, 0.4) is 0 Å². The number of rotatable bonds is 3. The first-order valence-corrected chi connectivity index (χ1v) is 11.4. The summed E-state index contributed by atoms with van der Waals surface area (Å²) in [5, 5.41) is 10.2. The van der Waals surface area contributed by atoms with Crippen molar-refractivity contribution in [2.24, 2.45) is 0 Å². The van der Waals surface area contributed by atoms with Crippen molar-refractivity contribution in [3.05, 3.63) is 88.5 Å². The third kappa shape index (κ3) is 3.14. The predicted molar refractivity (Wildman–Crippen MR) is 119 cm³/mol. The van der Waals surface area contributed by atoms with Crippen LogP contribution in [0.5, 0.6) is 5.75 Å². The molecule has 3 aromatic rings. The monoisotopic (exact) mass is 417 g/mol. The molecule has 1 amide bonds. The zero-order valence-corrected chi connectivity index (χ0v) is 17.5. The lowest BCUT2D eigenvalue weighted by Gasteiger charge is -2.17. The highest BCUT2D eigenvalue weighted by Crippen LogP contribution is 2.44. The molecular formula is C25H23NO3S. The lowest BCUT2D eigenvalue weighted by Crippen LogP contribution is -2.15. The molecule has 1 saturated heterocycles. The molecule has 2 N–H and O–H groups in total. The summed E-state index contributed by atoms with van der Waals surface area (Å²) in [6.07, 6.45) is 2.13. The lowest BCUT2D eigenvalue weighted by molar-refractivity contribution is -0.118. The molecular weight excluding hydrogens is 394 g/mol. The number of hydrogen-bond donors (Lipinski definition) is 2. The van der Waals surface area contributed by atoms with Crippen LogP contribution in [0.1, 0.15) is 51.8 Å². The van der Waals surface area contributed by atoms with Gasteiger partial charge in [0.2, 0.25) is 5.91 Å². The standard InChI is InChI=1S/C25H23NO3S/c1-15-5-2-3-6-17(15)19-7-4-8-20-18(11-12-21(19)20)16-9-10-22(23(27)13-16)24-14-25(28)26-30(24)29/h2-10,13,18,24,27H,11-12,14H2,1H3,(H,26,28). The van der Waals surface area contributed by atoms with Gasteiger partial charge in [0.1, 0.15) is 16.7 Å². The van der Waals surface area contributed by atoms with Gasteiger partial charge in [0, 0.05) is 17.9 Å². The minimum absolute atomic E-state index is 0.117. The molecule has 5 heteroatoms. The average molecular weight is 418 g/mol. The summed E-state index contributed by atoms with van der Waals surface area (Å²) in [6, 6.07) is 20.6. The van der Waals surface area contributed by atoms with E-state index >= 15 is 0 Å². The number of benzene rings is 3. The van der Waals surface area contributed by atoms with Crippen LogP contribution in [0.25, 0.3) is 11.1 Å². The Hall–Kier alpha value is -2.92. The maximum absolute atomic E-state index is 12.1. The van der Waals surface area contributed by atoms with Gasteiger partial charge in [-0.25, -0.2) is 4.21 Å². The second-order valence-electron chi connectivity index (χ2n) is 8.11. The predicted octanol–water partition coefficient (Wildman–Crippen LogP) is 4.67. The Bertz CT molecular complexity index is 1190. The van der Waals surface area contributed by atoms with Crippen molar-refractivity contribution in [1.82, 2.24) is 4.72 Å². The molecule has 0 bridgehead atoms. The first-order valence-electron chi connectivity index (χ1n) is 10.2. The molecule has 5 rings (SSSR count). The summed E-state index contributed by atoms with van der Waals surface area (Å²) in [5.74, 6) is 0.0962. The Morgan fingerprint density at radius 3 is 2.53 bits per heavy atom. The summed E-state index contributed by atoms with van der Waals surface area (Å²) in [7, 11) is -1.48. The van der Waals surface area contributed by atoms with Crippen molar-refractivity contribution in [1.29, 1.82) is 0 Å². The third-order valence-corrected chi connectivity index (χ3v) is 7.72. The second kappa shape index (κ2) is 7.40. The van der Waals surface area contributed by atoms with E-state index in [-0.39, 0.29) is 24.0 Å². The number of amides is 1. The van der Waals surface area contributed by atoms with E-state index in [1.54, 1.807) is 6.07 Å². The number of phenols is 1. The summed E-state index contributed by atoms with van der Waals surface area (Å²) < 4.78 is 14.5. The van der Waals surface area contributed by atoms with Crippen molar-refractivity contribution in [2.45, 2.75) is 37.4 Å². The van der Waals surface area contributed by atoms with Gasteiger partial charge >= 0.3 is 0 Å². The highest BCUT2D eigenvalue weighted by Gasteiger charge is 2.33. The number of fused-ring (bicyclic) bond motifs is 1. The van der Waals surface area contributed by atoms with E-state index in [1.165, 1.54) is 27.8 Å². The number of carbonyl (C=O) groups is 1. The smallest absolute Gasteiger partial charge is 0.233 e. The fourth-order valence-corrected chi connectivity index (χ4v) is 6.05. The quantitative estimate of drug-likeness (QED) is 0.651. The summed E-state index contributed by atoms with van der Waals surface area (Å²) in [4.78, 5) is 11.5. The molecule has 1 aliphatic heterocycles. The number of aromatic hydroxyl groups is 1. The van der Waals surface area contributed by atoms with Crippen LogP contribution in [0, 0.1) is 6.92 Å². The molecule has 3 unspecified atom stereocenters. The van der Waals surface area contributed by atoms with Gasteiger partial charge in [-0.15, -0.1) is 0 Å². The van der Waals surface area contributed by atoms with Crippen LogP contribution in [0.4, 0.5) is 0 Å². The number of nitrogens with one attached hydrogen (secondary N) is 1. The Labute approximate surface area is 178 Å².